The highest BCUT2D eigenvalue weighted by Crippen LogP contribution is 2.42. The second-order valence-corrected chi connectivity index (χ2v) is 5.37. The van der Waals surface area contributed by atoms with Gasteiger partial charge in [0.2, 0.25) is 0 Å². The van der Waals surface area contributed by atoms with E-state index in [0.29, 0.717) is 10.7 Å². The Labute approximate surface area is 126 Å². The van der Waals surface area contributed by atoms with Gasteiger partial charge in [-0.3, -0.25) is 0 Å². The summed E-state index contributed by atoms with van der Waals surface area (Å²) in [6.07, 6.45) is 0. The van der Waals surface area contributed by atoms with Crippen molar-refractivity contribution >= 4 is 39.2 Å². The number of anilines is 1. The lowest BCUT2D eigenvalue weighted by Crippen LogP contribution is -1.91. The van der Waals surface area contributed by atoms with E-state index in [0.717, 1.165) is 33.1 Å². The Morgan fingerprint density at radius 2 is 1.57 bits per heavy atom. The topological polar surface area (TPSA) is 39.2 Å². The minimum atomic E-state index is 0.552. The van der Waals surface area contributed by atoms with Crippen molar-refractivity contribution in [1.29, 1.82) is 0 Å². The zero-order valence-electron chi connectivity index (χ0n) is 11.1. The van der Waals surface area contributed by atoms with Crippen molar-refractivity contribution in [3.05, 3.63) is 65.7 Å². The van der Waals surface area contributed by atoms with Gasteiger partial charge in [0.15, 0.2) is 0 Å². The molecule has 1 aromatic heterocycles. The van der Waals surface area contributed by atoms with Gasteiger partial charge >= 0.3 is 0 Å². The lowest BCUT2D eigenvalue weighted by atomic mass is 10.0. The molecule has 0 spiro atoms. The van der Waals surface area contributed by atoms with Crippen LogP contribution in [0.3, 0.4) is 0 Å². The van der Waals surface area contributed by atoms with Crippen LogP contribution in [0.2, 0.25) is 5.02 Å². The standard InChI is InChI=1S/C18H12ClNO/c19-17-16-12-8-4-5-9-14(12)21-15(16)10-13(18(17)20)11-6-2-1-3-7-11/h1-10H,20H2. The highest BCUT2D eigenvalue weighted by Gasteiger charge is 2.16. The first-order valence-corrected chi connectivity index (χ1v) is 7.08. The van der Waals surface area contributed by atoms with E-state index in [1.54, 1.807) is 0 Å². The number of furan rings is 1. The summed E-state index contributed by atoms with van der Waals surface area (Å²) in [7, 11) is 0. The lowest BCUT2D eigenvalue weighted by Gasteiger charge is -2.08. The van der Waals surface area contributed by atoms with Crippen LogP contribution >= 0.6 is 11.6 Å². The Morgan fingerprint density at radius 3 is 2.38 bits per heavy atom. The van der Waals surface area contributed by atoms with Crippen LogP contribution < -0.4 is 5.73 Å². The highest BCUT2D eigenvalue weighted by atomic mass is 35.5. The number of hydrogen-bond acceptors (Lipinski definition) is 2. The van der Waals surface area contributed by atoms with E-state index in [2.05, 4.69) is 0 Å². The monoisotopic (exact) mass is 293 g/mol. The smallest absolute Gasteiger partial charge is 0.137 e. The molecule has 3 heteroatoms. The molecule has 2 N–H and O–H groups in total. The molecule has 2 nitrogen and oxygen atoms in total. The van der Waals surface area contributed by atoms with Gasteiger partial charge < -0.3 is 10.2 Å². The Hall–Kier alpha value is -2.45. The highest BCUT2D eigenvalue weighted by molar-refractivity contribution is 6.41. The fourth-order valence-corrected chi connectivity index (χ4v) is 3.01. The van der Waals surface area contributed by atoms with E-state index >= 15 is 0 Å². The van der Waals surface area contributed by atoms with Crippen molar-refractivity contribution in [2.45, 2.75) is 0 Å². The van der Waals surface area contributed by atoms with E-state index in [9.17, 15) is 0 Å². The summed E-state index contributed by atoms with van der Waals surface area (Å²) in [5.41, 5.74) is 10.3. The van der Waals surface area contributed by atoms with Gasteiger partial charge in [-0.15, -0.1) is 0 Å². The van der Waals surface area contributed by atoms with Crippen LogP contribution in [0, 0.1) is 0 Å². The predicted octanol–water partition coefficient (Wildman–Crippen LogP) is 5.49. The van der Waals surface area contributed by atoms with Crippen molar-refractivity contribution < 1.29 is 4.42 Å². The summed E-state index contributed by atoms with van der Waals surface area (Å²) in [4.78, 5) is 0. The third kappa shape index (κ3) is 1.80. The summed E-state index contributed by atoms with van der Waals surface area (Å²) in [5.74, 6) is 0. The van der Waals surface area contributed by atoms with E-state index in [1.807, 2.05) is 60.7 Å². The average Bonchev–Trinajstić information content (AvgIpc) is 2.90. The van der Waals surface area contributed by atoms with Crippen molar-refractivity contribution in [1.82, 2.24) is 0 Å². The molecule has 0 radical (unpaired) electrons. The van der Waals surface area contributed by atoms with Crippen LogP contribution in [-0.2, 0) is 0 Å². The predicted molar refractivity (Wildman–Crippen MR) is 88.6 cm³/mol. The molecule has 3 aromatic carbocycles. The van der Waals surface area contributed by atoms with Crippen LogP contribution in [0.4, 0.5) is 5.69 Å². The number of fused-ring (bicyclic) bond motifs is 3. The summed E-state index contributed by atoms with van der Waals surface area (Å²) in [5, 5.41) is 2.42. The van der Waals surface area contributed by atoms with E-state index < -0.39 is 0 Å². The summed E-state index contributed by atoms with van der Waals surface area (Å²) in [6.45, 7) is 0. The second kappa shape index (κ2) is 4.54. The Bertz CT molecular complexity index is 957. The Balaban J connectivity index is 2.12. The molecule has 0 fully saturated rings. The van der Waals surface area contributed by atoms with E-state index in [1.165, 1.54) is 0 Å². The van der Waals surface area contributed by atoms with Crippen molar-refractivity contribution in [2.75, 3.05) is 5.73 Å². The van der Waals surface area contributed by atoms with Gasteiger partial charge in [0, 0.05) is 16.3 Å². The zero-order chi connectivity index (χ0) is 14.4. The third-order valence-corrected chi connectivity index (χ3v) is 4.12. The van der Waals surface area contributed by atoms with Gasteiger partial charge in [-0.1, -0.05) is 60.1 Å². The van der Waals surface area contributed by atoms with Gasteiger partial charge in [-0.2, -0.15) is 0 Å². The second-order valence-electron chi connectivity index (χ2n) is 4.99. The molecule has 0 aliphatic carbocycles. The van der Waals surface area contributed by atoms with E-state index in [-0.39, 0.29) is 0 Å². The van der Waals surface area contributed by atoms with Crippen molar-refractivity contribution in [3.63, 3.8) is 0 Å². The van der Waals surface area contributed by atoms with Gasteiger partial charge in [0.1, 0.15) is 11.2 Å². The normalized spacial score (nSPS) is 11.3. The molecule has 0 amide bonds. The number of hydrogen-bond donors (Lipinski definition) is 1. The number of benzene rings is 3. The molecule has 1 heterocycles. The van der Waals surface area contributed by atoms with E-state index in [4.69, 9.17) is 21.8 Å². The first-order valence-electron chi connectivity index (χ1n) is 6.70. The molecular weight excluding hydrogens is 282 g/mol. The van der Waals surface area contributed by atoms with Crippen molar-refractivity contribution in [3.8, 4) is 11.1 Å². The summed E-state index contributed by atoms with van der Waals surface area (Å²) in [6, 6.07) is 19.8. The zero-order valence-corrected chi connectivity index (χ0v) is 11.9. The SMILES string of the molecule is Nc1c(-c2ccccc2)cc2oc3ccccc3c2c1Cl. The number of nitrogen functional groups attached to an aromatic ring is 1. The number of para-hydroxylation sites is 1. The quantitative estimate of drug-likeness (QED) is 0.471. The van der Waals surface area contributed by atoms with Gasteiger partial charge in [0.05, 0.1) is 10.7 Å². The molecule has 4 aromatic rings. The summed E-state index contributed by atoms with van der Waals surface area (Å²) >= 11 is 6.52. The first kappa shape index (κ1) is 12.3. The molecule has 102 valence electrons. The Kier molecular flexibility index (Phi) is 2.66. The summed E-state index contributed by atoms with van der Waals surface area (Å²) < 4.78 is 5.91. The molecule has 0 unspecified atom stereocenters. The lowest BCUT2D eigenvalue weighted by molar-refractivity contribution is 0.669. The molecule has 4 rings (SSSR count). The van der Waals surface area contributed by atoms with Crippen LogP contribution in [0.15, 0.2) is 65.1 Å². The molecular formula is C18H12ClNO. The first-order chi connectivity index (χ1) is 10.3. The number of halogens is 1. The molecule has 0 saturated carbocycles. The van der Waals surface area contributed by atoms with Crippen LogP contribution in [0.5, 0.6) is 0 Å². The largest absolute Gasteiger partial charge is 0.456 e. The van der Waals surface area contributed by atoms with Crippen LogP contribution in [-0.4, -0.2) is 0 Å². The van der Waals surface area contributed by atoms with Gasteiger partial charge in [-0.25, -0.2) is 0 Å². The Morgan fingerprint density at radius 1 is 0.857 bits per heavy atom. The molecule has 0 bridgehead atoms. The molecule has 0 aliphatic rings. The van der Waals surface area contributed by atoms with Crippen LogP contribution in [0.25, 0.3) is 33.1 Å². The fraction of sp³-hybridized carbons (Fsp3) is 0. The fourth-order valence-electron chi connectivity index (χ4n) is 2.71. The maximum atomic E-state index is 6.52. The minimum absolute atomic E-state index is 0.552. The number of nitrogens with two attached hydrogens (primary N) is 1. The van der Waals surface area contributed by atoms with Gasteiger partial charge in [-0.05, 0) is 17.7 Å². The number of rotatable bonds is 1. The van der Waals surface area contributed by atoms with Crippen LogP contribution in [0.1, 0.15) is 0 Å². The average molecular weight is 294 g/mol. The molecule has 0 atom stereocenters. The molecule has 21 heavy (non-hydrogen) atoms. The van der Waals surface area contributed by atoms with Crippen molar-refractivity contribution in [2.24, 2.45) is 0 Å². The maximum Gasteiger partial charge on any atom is 0.137 e. The maximum absolute atomic E-state index is 6.52. The van der Waals surface area contributed by atoms with Gasteiger partial charge in [0.25, 0.3) is 0 Å². The minimum Gasteiger partial charge on any atom is -0.456 e. The third-order valence-electron chi connectivity index (χ3n) is 3.73. The molecule has 0 saturated heterocycles. The molecule has 0 aliphatic heterocycles.